The van der Waals surface area contributed by atoms with Crippen molar-refractivity contribution in [3.63, 3.8) is 0 Å². The normalized spacial score (nSPS) is 19.6. The maximum Gasteiger partial charge on any atom is 0.433 e. The minimum absolute atomic E-state index is 0.0441. The highest BCUT2D eigenvalue weighted by molar-refractivity contribution is 5.83. The van der Waals surface area contributed by atoms with E-state index in [1.807, 2.05) is 0 Å². The van der Waals surface area contributed by atoms with E-state index in [1.165, 1.54) is 6.07 Å². The summed E-state index contributed by atoms with van der Waals surface area (Å²) in [5.74, 6) is -0.451. The summed E-state index contributed by atoms with van der Waals surface area (Å²) in [5, 5.41) is 0. The van der Waals surface area contributed by atoms with Gasteiger partial charge in [-0.3, -0.25) is 4.79 Å². The van der Waals surface area contributed by atoms with Crippen LogP contribution in [0.15, 0.2) is 12.1 Å². The SMILES string of the molecule is NCc1ccc(C(F)(F)F)nc1N1CCCCC1C(N)=O. The van der Waals surface area contributed by atoms with E-state index in [1.54, 1.807) is 4.90 Å². The lowest BCUT2D eigenvalue weighted by molar-refractivity contribution is -0.141. The summed E-state index contributed by atoms with van der Waals surface area (Å²) in [4.78, 5) is 16.7. The number of carbonyl (C=O) groups is 1. The quantitative estimate of drug-likeness (QED) is 0.884. The minimum Gasteiger partial charge on any atom is -0.368 e. The number of rotatable bonds is 3. The Morgan fingerprint density at radius 3 is 2.67 bits per heavy atom. The molecule has 8 heteroatoms. The van der Waals surface area contributed by atoms with Crippen LogP contribution in [0.1, 0.15) is 30.5 Å². The maximum atomic E-state index is 12.8. The molecule has 116 valence electrons. The van der Waals surface area contributed by atoms with Crippen LogP contribution in [0, 0.1) is 0 Å². The summed E-state index contributed by atoms with van der Waals surface area (Å²) in [6.07, 6.45) is -2.45. The third kappa shape index (κ3) is 3.26. The number of halogens is 3. The third-order valence-electron chi connectivity index (χ3n) is 3.57. The van der Waals surface area contributed by atoms with Crippen molar-refractivity contribution in [2.45, 2.75) is 38.0 Å². The molecule has 21 heavy (non-hydrogen) atoms. The first-order valence-corrected chi connectivity index (χ1v) is 6.67. The lowest BCUT2D eigenvalue weighted by Crippen LogP contribution is -2.48. The molecule has 0 spiro atoms. The van der Waals surface area contributed by atoms with E-state index in [9.17, 15) is 18.0 Å². The van der Waals surface area contributed by atoms with E-state index in [2.05, 4.69) is 4.98 Å². The van der Waals surface area contributed by atoms with Crippen molar-refractivity contribution in [2.75, 3.05) is 11.4 Å². The second kappa shape index (κ2) is 5.88. The van der Waals surface area contributed by atoms with Gasteiger partial charge in [-0.25, -0.2) is 4.98 Å². The molecule has 0 radical (unpaired) electrons. The Kier molecular flexibility index (Phi) is 4.36. The van der Waals surface area contributed by atoms with E-state index in [0.29, 0.717) is 18.5 Å². The molecule has 1 unspecified atom stereocenters. The molecule has 4 N–H and O–H groups in total. The topological polar surface area (TPSA) is 85.2 Å². The Bertz CT molecular complexity index is 533. The summed E-state index contributed by atoms with van der Waals surface area (Å²) < 4.78 is 38.5. The van der Waals surface area contributed by atoms with Crippen LogP contribution in [0.4, 0.5) is 19.0 Å². The second-order valence-electron chi connectivity index (χ2n) is 4.99. The molecular weight excluding hydrogens is 285 g/mol. The van der Waals surface area contributed by atoms with Gasteiger partial charge in [0.2, 0.25) is 5.91 Å². The molecule has 2 rings (SSSR count). The van der Waals surface area contributed by atoms with Gasteiger partial charge in [0.05, 0.1) is 0 Å². The van der Waals surface area contributed by atoms with Gasteiger partial charge in [-0.1, -0.05) is 6.07 Å². The second-order valence-corrected chi connectivity index (χ2v) is 4.99. The third-order valence-corrected chi connectivity index (χ3v) is 3.57. The van der Waals surface area contributed by atoms with Crippen molar-refractivity contribution in [3.05, 3.63) is 23.4 Å². The first-order valence-electron chi connectivity index (χ1n) is 6.67. The van der Waals surface area contributed by atoms with Gasteiger partial charge in [-0.05, 0) is 25.3 Å². The molecule has 1 aliphatic rings. The largest absolute Gasteiger partial charge is 0.433 e. The molecule has 0 bridgehead atoms. The van der Waals surface area contributed by atoms with Gasteiger partial charge in [-0.2, -0.15) is 13.2 Å². The highest BCUT2D eigenvalue weighted by Gasteiger charge is 2.35. The number of hydrogen-bond acceptors (Lipinski definition) is 4. The fraction of sp³-hybridized carbons (Fsp3) is 0.538. The summed E-state index contributed by atoms with van der Waals surface area (Å²) in [6.45, 7) is 0.484. The van der Waals surface area contributed by atoms with Crippen molar-refractivity contribution in [3.8, 4) is 0 Å². The van der Waals surface area contributed by atoms with Gasteiger partial charge in [0.25, 0.3) is 0 Å². The minimum atomic E-state index is -4.54. The summed E-state index contributed by atoms with van der Waals surface area (Å²) in [5.41, 5.74) is 10.4. The fourth-order valence-corrected chi connectivity index (χ4v) is 2.52. The molecule has 1 fully saturated rings. The number of anilines is 1. The highest BCUT2D eigenvalue weighted by Crippen LogP contribution is 2.32. The highest BCUT2D eigenvalue weighted by atomic mass is 19.4. The van der Waals surface area contributed by atoms with Gasteiger partial charge < -0.3 is 16.4 Å². The molecule has 1 aromatic rings. The average molecular weight is 302 g/mol. The summed E-state index contributed by atoms with van der Waals surface area (Å²) >= 11 is 0. The van der Waals surface area contributed by atoms with Crippen LogP contribution in [0.3, 0.4) is 0 Å². The molecule has 1 aliphatic heterocycles. The zero-order valence-corrected chi connectivity index (χ0v) is 11.4. The Hall–Kier alpha value is -1.83. The molecule has 0 aromatic carbocycles. The molecule has 1 aromatic heterocycles. The van der Waals surface area contributed by atoms with E-state index < -0.39 is 23.8 Å². The number of piperidine rings is 1. The van der Waals surface area contributed by atoms with Crippen LogP contribution in [0.2, 0.25) is 0 Å². The van der Waals surface area contributed by atoms with Crippen molar-refractivity contribution in [1.82, 2.24) is 4.98 Å². The van der Waals surface area contributed by atoms with Crippen molar-refractivity contribution in [1.29, 1.82) is 0 Å². The predicted molar refractivity (Wildman–Crippen MR) is 71.3 cm³/mol. The van der Waals surface area contributed by atoms with Gasteiger partial charge >= 0.3 is 6.18 Å². The predicted octanol–water partition coefficient (Wildman–Crippen LogP) is 1.40. The van der Waals surface area contributed by atoms with Crippen molar-refractivity contribution >= 4 is 11.7 Å². The van der Waals surface area contributed by atoms with Gasteiger partial charge in [0.1, 0.15) is 17.6 Å². The first-order chi connectivity index (χ1) is 9.84. The number of amides is 1. The smallest absolute Gasteiger partial charge is 0.368 e. The van der Waals surface area contributed by atoms with E-state index in [0.717, 1.165) is 18.9 Å². The number of carbonyl (C=O) groups excluding carboxylic acids is 1. The van der Waals surface area contributed by atoms with Gasteiger partial charge in [0, 0.05) is 18.7 Å². The average Bonchev–Trinajstić information content (AvgIpc) is 2.45. The number of pyridine rings is 1. The summed E-state index contributed by atoms with van der Waals surface area (Å²) in [7, 11) is 0. The van der Waals surface area contributed by atoms with E-state index >= 15 is 0 Å². The molecule has 1 atom stereocenters. The molecular formula is C13H17F3N4O. The number of nitrogens with two attached hydrogens (primary N) is 2. The lowest BCUT2D eigenvalue weighted by Gasteiger charge is -2.36. The number of alkyl halides is 3. The van der Waals surface area contributed by atoms with Crippen molar-refractivity contribution < 1.29 is 18.0 Å². The fourth-order valence-electron chi connectivity index (χ4n) is 2.52. The Balaban J connectivity index is 2.46. The number of nitrogens with zero attached hydrogens (tertiary/aromatic N) is 2. The monoisotopic (exact) mass is 302 g/mol. The van der Waals surface area contributed by atoms with Crippen LogP contribution < -0.4 is 16.4 Å². The zero-order valence-electron chi connectivity index (χ0n) is 11.4. The van der Waals surface area contributed by atoms with Crippen LogP contribution in [-0.4, -0.2) is 23.5 Å². The molecule has 0 saturated carbocycles. The standard InChI is InChI=1S/C13H17F3N4O/c14-13(15,16)10-5-4-8(7-17)12(19-10)20-6-2-1-3-9(20)11(18)21/h4-5,9H,1-3,6-7,17H2,(H2,18,21). The van der Waals surface area contributed by atoms with Crippen molar-refractivity contribution in [2.24, 2.45) is 11.5 Å². The first kappa shape index (κ1) is 15.6. The zero-order chi connectivity index (χ0) is 15.6. The van der Waals surface area contributed by atoms with Crippen LogP contribution >= 0.6 is 0 Å². The number of aromatic nitrogens is 1. The molecule has 5 nitrogen and oxygen atoms in total. The Labute approximate surface area is 120 Å². The Morgan fingerprint density at radius 2 is 2.10 bits per heavy atom. The van der Waals surface area contributed by atoms with E-state index in [-0.39, 0.29) is 12.4 Å². The van der Waals surface area contributed by atoms with Crippen LogP contribution in [0.5, 0.6) is 0 Å². The Morgan fingerprint density at radius 1 is 1.38 bits per heavy atom. The molecule has 1 saturated heterocycles. The lowest BCUT2D eigenvalue weighted by atomic mass is 10.0. The maximum absolute atomic E-state index is 12.8. The molecule has 2 heterocycles. The molecule has 0 aliphatic carbocycles. The van der Waals surface area contributed by atoms with Gasteiger partial charge in [0.15, 0.2) is 0 Å². The van der Waals surface area contributed by atoms with E-state index in [4.69, 9.17) is 11.5 Å². The number of hydrogen-bond donors (Lipinski definition) is 2. The van der Waals surface area contributed by atoms with Crippen LogP contribution in [0.25, 0.3) is 0 Å². The number of primary amides is 1. The van der Waals surface area contributed by atoms with Crippen LogP contribution in [-0.2, 0) is 17.5 Å². The summed E-state index contributed by atoms with van der Waals surface area (Å²) in [6, 6.07) is 1.56. The van der Waals surface area contributed by atoms with Gasteiger partial charge in [-0.15, -0.1) is 0 Å². The molecule has 1 amide bonds.